The zero-order chi connectivity index (χ0) is 19.1. The van der Waals surface area contributed by atoms with Crippen LogP contribution >= 0.6 is 0 Å². The van der Waals surface area contributed by atoms with Crippen LogP contribution in [0, 0.1) is 0 Å². The third-order valence-electron chi connectivity index (χ3n) is 5.69. The van der Waals surface area contributed by atoms with Crippen molar-refractivity contribution in [2.24, 2.45) is 0 Å². The van der Waals surface area contributed by atoms with E-state index in [4.69, 9.17) is 4.74 Å². The van der Waals surface area contributed by atoms with Gasteiger partial charge in [0.05, 0.1) is 18.2 Å². The molecule has 0 saturated carbocycles. The highest BCUT2D eigenvalue weighted by Crippen LogP contribution is 2.39. The summed E-state index contributed by atoms with van der Waals surface area (Å²) in [4.78, 5) is 31.8. The quantitative estimate of drug-likeness (QED) is 0.653. The maximum Gasteiger partial charge on any atom is 0.259 e. The second-order valence-electron chi connectivity index (χ2n) is 7.47. The minimum Gasteiger partial charge on any atom is -0.486 e. The number of amides is 1. The van der Waals surface area contributed by atoms with Crippen molar-refractivity contribution in [1.82, 2.24) is 19.5 Å². The molecule has 1 saturated heterocycles. The molecule has 7 nitrogen and oxygen atoms in total. The van der Waals surface area contributed by atoms with E-state index < -0.39 is 5.60 Å². The van der Waals surface area contributed by atoms with Gasteiger partial charge in [0.1, 0.15) is 16.9 Å². The van der Waals surface area contributed by atoms with E-state index in [-0.39, 0.29) is 11.7 Å². The molecule has 1 spiro atoms. The molecule has 1 unspecified atom stereocenters. The monoisotopic (exact) mass is 376 g/mol. The van der Waals surface area contributed by atoms with Crippen molar-refractivity contribution in [2.75, 3.05) is 13.1 Å². The molecule has 2 aromatic heterocycles. The van der Waals surface area contributed by atoms with Gasteiger partial charge in [-0.1, -0.05) is 12.1 Å². The SMILES string of the molecule is O=C1CC2(CCCN(C(=O)c3cnn4cccnc34)CC2)Oc2ccccc21. The third kappa shape index (κ3) is 2.74. The lowest BCUT2D eigenvalue weighted by atomic mass is 9.84. The summed E-state index contributed by atoms with van der Waals surface area (Å²) in [5, 5.41) is 4.21. The Morgan fingerprint density at radius 3 is 2.96 bits per heavy atom. The van der Waals surface area contributed by atoms with Gasteiger partial charge in [0.25, 0.3) is 5.91 Å². The zero-order valence-electron chi connectivity index (χ0n) is 15.4. The first-order valence-electron chi connectivity index (χ1n) is 9.54. The standard InChI is InChI=1S/C21H20N4O3/c26-17-13-21(28-18-6-2-1-5-15(17)18)7-3-10-24(12-8-21)20(27)16-14-23-25-11-4-9-22-19(16)25/h1-2,4-6,9,11,14H,3,7-8,10,12-13H2. The minimum atomic E-state index is -0.528. The predicted octanol–water partition coefficient (Wildman–Crippen LogP) is 2.76. The summed E-state index contributed by atoms with van der Waals surface area (Å²) in [5.74, 6) is 0.701. The van der Waals surface area contributed by atoms with Crippen LogP contribution in [0.4, 0.5) is 0 Å². The normalized spacial score (nSPS) is 22.0. The Morgan fingerprint density at radius 1 is 1.14 bits per heavy atom. The molecule has 1 amide bonds. The Balaban J connectivity index is 1.38. The Morgan fingerprint density at radius 2 is 2.04 bits per heavy atom. The number of para-hydroxylation sites is 1. The summed E-state index contributed by atoms with van der Waals surface area (Å²) < 4.78 is 7.92. The van der Waals surface area contributed by atoms with Crippen molar-refractivity contribution in [3.63, 3.8) is 0 Å². The number of hydrogen-bond donors (Lipinski definition) is 0. The summed E-state index contributed by atoms with van der Waals surface area (Å²) in [6.45, 7) is 1.17. The maximum atomic E-state index is 13.1. The topological polar surface area (TPSA) is 76.8 Å². The van der Waals surface area contributed by atoms with Gasteiger partial charge in [-0.25, -0.2) is 9.50 Å². The molecule has 4 heterocycles. The molecular formula is C21H20N4O3. The molecule has 1 atom stereocenters. The van der Waals surface area contributed by atoms with Gasteiger partial charge in [-0.15, -0.1) is 0 Å². The molecule has 2 aliphatic heterocycles. The van der Waals surface area contributed by atoms with E-state index in [1.807, 2.05) is 29.2 Å². The van der Waals surface area contributed by atoms with E-state index in [9.17, 15) is 9.59 Å². The number of carbonyl (C=O) groups is 2. The van der Waals surface area contributed by atoms with E-state index in [1.54, 1.807) is 29.2 Å². The summed E-state index contributed by atoms with van der Waals surface area (Å²) >= 11 is 0. The van der Waals surface area contributed by atoms with Crippen molar-refractivity contribution in [1.29, 1.82) is 0 Å². The summed E-state index contributed by atoms with van der Waals surface area (Å²) in [6.07, 6.45) is 7.54. The van der Waals surface area contributed by atoms with Crippen molar-refractivity contribution in [3.05, 3.63) is 60.0 Å². The highest BCUT2D eigenvalue weighted by Gasteiger charge is 2.42. The number of ketones is 1. The van der Waals surface area contributed by atoms with Gasteiger partial charge in [0, 0.05) is 31.9 Å². The lowest BCUT2D eigenvalue weighted by molar-refractivity contribution is 0.0300. The number of aromatic nitrogens is 3. The van der Waals surface area contributed by atoms with Gasteiger partial charge < -0.3 is 9.64 Å². The van der Waals surface area contributed by atoms with Crippen molar-refractivity contribution in [2.45, 2.75) is 31.3 Å². The first kappa shape index (κ1) is 16.9. The molecule has 0 bridgehead atoms. The van der Waals surface area contributed by atoms with Crippen LogP contribution in [0.1, 0.15) is 46.4 Å². The molecule has 0 aliphatic carbocycles. The van der Waals surface area contributed by atoms with Crippen LogP contribution in [-0.2, 0) is 0 Å². The molecule has 3 aromatic rings. The lowest BCUT2D eigenvalue weighted by Crippen LogP contribution is -2.43. The second-order valence-corrected chi connectivity index (χ2v) is 7.47. The fourth-order valence-corrected chi connectivity index (χ4v) is 4.24. The van der Waals surface area contributed by atoms with Gasteiger partial charge in [-0.2, -0.15) is 5.10 Å². The molecule has 7 heteroatoms. The molecule has 1 fully saturated rings. The lowest BCUT2D eigenvalue weighted by Gasteiger charge is -2.37. The number of likely N-dealkylation sites (tertiary alicyclic amines) is 1. The average Bonchev–Trinajstić information content (AvgIpc) is 3.04. The first-order chi connectivity index (χ1) is 13.7. The fourth-order valence-electron chi connectivity index (χ4n) is 4.24. The molecule has 2 aliphatic rings. The number of hydrogen-bond acceptors (Lipinski definition) is 5. The summed E-state index contributed by atoms with van der Waals surface area (Å²) in [5.41, 5.74) is 1.19. The van der Waals surface area contributed by atoms with Gasteiger partial charge >= 0.3 is 0 Å². The van der Waals surface area contributed by atoms with Gasteiger partial charge in [-0.05, 0) is 31.0 Å². The van der Waals surface area contributed by atoms with E-state index in [1.165, 1.54) is 0 Å². The van der Waals surface area contributed by atoms with Crippen LogP contribution in [-0.4, -0.2) is 49.9 Å². The molecule has 0 radical (unpaired) electrons. The van der Waals surface area contributed by atoms with Gasteiger partial charge in [-0.3, -0.25) is 9.59 Å². The van der Waals surface area contributed by atoms with E-state index >= 15 is 0 Å². The summed E-state index contributed by atoms with van der Waals surface area (Å²) in [7, 11) is 0. The van der Waals surface area contributed by atoms with Crippen LogP contribution in [0.5, 0.6) is 5.75 Å². The Labute approximate surface area is 161 Å². The molecule has 0 N–H and O–H groups in total. The van der Waals surface area contributed by atoms with Crippen LogP contribution < -0.4 is 4.74 Å². The second kappa shape index (κ2) is 6.44. The Kier molecular flexibility index (Phi) is 3.89. The smallest absolute Gasteiger partial charge is 0.259 e. The van der Waals surface area contributed by atoms with Crippen LogP contribution in [0.25, 0.3) is 5.65 Å². The molecule has 1 aromatic carbocycles. The number of carbonyl (C=O) groups excluding carboxylic acids is 2. The number of nitrogens with zero attached hydrogens (tertiary/aromatic N) is 4. The van der Waals surface area contributed by atoms with Crippen molar-refractivity contribution >= 4 is 17.3 Å². The fraction of sp³-hybridized carbons (Fsp3) is 0.333. The highest BCUT2D eigenvalue weighted by molar-refractivity contribution is 6.01. The first-order valence-corrected chi connectivity index (χ1v) is 9.54. The number of Topliss-reactive ketones (excluding diaryl/α,β-unsaturated/α-hetero) is 1. The number of ether oxygens (including phenoxy) is 1. The average molecular weight is 376 g/mol. The van der Waals surface area contributed by atoms with Crippen LogP contribution in [0.15, 0.2) is 48.9 Å². The minimum absolute atomic E-state index is 0.0757. The number of rotatable bonds is 1. The van der Waals surface area contributed by atoms with E-state index in [0.29, 0.717) is 48.5 Å². The molecule has 142 valence electrons. The Bertz CT molecular complexity index is 1080. The van der Waals surface area contributed by atoms with Crippen molar-refractivity contribution in [3.8, 4) is 5.75 Å². The number of benzene rings is 1. The highest BCUT2D eigenvalue weighted by atomic mass is 16.5. The van der Waals surface area contributed by atoms with E-state index in [2.05, 4.69) is 10.1 Å². The third-order valence-corrected chi connectivity index (χ3v) is 5.69. The van der Waals surface area contributed by atoms with Crippen LogP contribution in [0.2, 0.25) is 0 Å². The number of fused-ring (bicyclic) bond motifs is 2. The predicted molar refractivity (Wildman–Crippen MR) is 101 cm³/mol. The van der Waals surface area contributed by atoms with Gasteiger partial charge in [0.2, 0.25) is 0 Å². The van der Waals surface area contributed by atoms with Crippen molar-refractivity contribution < 1.29 is 14.3 Å². The van der Waals surface area contributed by atoms with Gasteiger partial charge in [0.15, 0.2) is 11.4 Å². The van der Waals surface area contributed by atoms with E-state index in [0.717, 1.165) is 12.8 Å². The van der Waals surface area contributed by atoms with Crippen LogP contribution in [0.3, 0.4) is 0 Å². The molecule has 28 heavy (non-hydrogen) atoms. The zero-order valence-corrected chi connectivity index (χ0v) is 15.4. The molecular weight excluding hydrogens is 356 g/mol. The largest absolute Gasteiger partial charge is 0.486 e. The Hall–Kier alpha value is -3.22. The summed E-state index contributed by atoms with van der Waals surface area (Å²) in [6, 6.07) is 9.19. The molecule has 5 rings (SSSR count). The maximum absolute atomic E-state index is 13.1.